The summed E-state index contributed by atoms with van der Waals surface area (Å²) in [4.78, 5) is 19.7. The minimum atomic E-state index is 0.258. The minimum absolute atomic E-state index is 0.258. The fourth-order valence-corrected chi connectivity index (χ4v) is 4.13. The van der Waals surface area contributed by atoms with Crippen molar-refractivity contribution in [1.29, 1.82) is 5.41 Å². The van der Waals surface area contributed by atoms with Gasteiger partial charge in [0.1, 0.15) is 17.4 Å². The minimum Gasteiger partial charge on any atom is -0.355 e. The first-order chi connectivity index (χ1) is 14.6. The molecule has 0 aliphatic carbocycles. The lowest BCUT2D eigenvalue weighted by atomic mass is 10.2. The quantitative estimate of drug-likeness (QED) is 0.239. The summed E-state index contributed by atoms with van der Waals surface area (Å²) in [5.74, 6) is 1.85. The van der Waals surface area contributed by atoms with Gasteiger partial charge in [0.2, 0.25) is 5.28 Å². The molecule has 9 heteroatoms. The third-order valence-electron chi connectivity index (χ3n) is 4.81. The van der Waals surface area contributed by atoms with E-state index in [2.05, 4.69) is 55.1 Å². The normalized spacial score (nSPS) is 13.1. The Balaban J connectivity index is 1.54. The van der Waals surface area contributed by atoms with Gasteiger partial charge >= 0.3 is 0 Å². The van der Waals surface area contributed by atoms with Gasteiger partial charge in [-0.1, -0.05) is 26.0 Å². The lowest BCUT2D eigenvalue weighted by Crippen LogP contribution is -2.33. The van der Waals surface area contributed by atoms with Crippen LogP contribution in [0.15, 0.2) is 40.3 Å². The van der Waals surface area contributed by atoms with Crippen LogP contribution in [0.1, 0.15) is 49.6 Å². The molecule has 0 amide bonds. The molecule has 3 heterocycles. The van der Waals surface area contributed by atoms with Crippen molar-refractivity contribution >= 4 is 46.1 Å². The second-order valence-corrected chi connectivity index (χ2v) is 8.32. The average Bonchev–Trinajstić information content (AvgIpc) is 3.48. The largest absolute Gasteiger partial charge is 0.355 e. The Morgan fingerprint density at radius 2 is 2.23 bits per heavy atom. The van der Waals surface area contributed by atoms with E-state index in [1.165, 1.54) is 11.1 Å². The zero-order valence-corrected chi connectivity index (χ0v) is 18.8. The van der Waals surface area contributed by atoms with Crippen molar-refractivity contribution in [3.63, 3.8) is 0 Å². The monoisotopic (exact) mass is 445 g/mol. The van der Waals surface area contributed by atoms with Crippen LogP contribution in [0.25, 0.3) is 0 Å². The fraction of sp³-hybridized carbons (Fsp3) is 0.429. The van der Waals surface area contributed by atoms with Crippen LogP contribution in [0, 0.1) is 5.41 Å². The zero-order valence-electron chi connectivity index (χ0n) is 17.2. The Morgan fingerprint density at radius 1 is 1.40 bits per heavy atom. The van der Waals surface area contributed by atoms with Crippen LogP contribution in [0.5, 0.6) is 0 Å². The van der Waals surface area contributed by atoms with Gasteiger partial charge in [-0.05, 0) is 48.5 Å². The van der Waals surface area contributed by atoms with Crippen molar-refractivity contribution < 1.29 is 0 Å². The van der Waals surface area contributed by atoms with E-state index in [1.54, 1.807) is 11.3 Å². The van der Waals surface area contributed by atoms with Crippen molar-refractivity contribution in [1.82, 2.24) is 14.9 Å². The molecule has 160 valence electrons. The van der Waals surface area contributed by atoms with Gasteiger partial charge in [-0.25, -0.2) is 4.99 Å². The van der Waals surface area contributed by atoms with E-state index in [4.69, 9.17) is 17.0 Å². The summed E-state index contributed by atoms with van der Waals surface area (Å²) in [6.07, 6.45) is 6.44. The first-order valence-corrected chi connectivity index (χ1v) is 11.5. The molecule has 0 fully saturated rings. The number of hydrogen-bond acceptors (Lipinski definition) is 6. The highest BCUT2D eigenvalue weighted by molar-refractivity contribution is 7.12. The third-order valence-corrected chi connectivity index (χ3v) is 5.91. The molecule has 2 aromatic heterocycles. The Bertz CT molecular complexity index is 914. The number of hydrogen-bond donors (Lipinski definition) is 3. The molecule has 0 spiro atoms. The number of nitrogens with one attached hydrogen (secondary N) is 3. The summed E-state index contributed by atoms with van der Waals surface area (Å²) in [7, 11) is 0. The summed E-state index contributed by atoms with van der Waals surface area (Å²) in [5, 5.41) is 14.0. The number of rotatable bonds is 12. The van der Waals surface area contributed by atoms with Crippen molar-refractivity contribution in [2.75, 3.05) is 25.0 Å². The van der Waals surface area contributed by atoms with Crippen LogP contribution in [0.2, 0.25) is 5.28 Å². The number of imidazole rings is 1. The second-order valence-electron chi connectivity index (χ2n) is 7.01. The smallest absolute Gasteiger partial charge is 0.202 e. The summed E-state index contributed by atoms with van der Waals surface area (Å²) < 4.78 is 0. The Labute approximate surface area is 186 Å². The van der Waals surface area contributed by atoms with Crippen molar-refractivity contribution in [2.45, 2.75) is 39.0 Å². The standard InChI is InChI=1S/C21H28ClN7S/c1-3-5-11-29(19(23)18-20(24-4-2)28-21(22)27-18)12-7-6-10-17-25-14-15(26-17)16-9-8-13-30-16/h4,8-9,13,23-24H,2-3,5-7,10-12,14H2,1H3,(H,27,28). The highest BCUT2D eigenvalue weighted by Crippen LogP contribution is 2.19. The molecule has 2 aromatic rings. The van der Waals surface area contributed by atoms with Crippen LogP contribution in [-0.4, -0.2) is 51.9 Å². The fourth-order valence-electron chi connectivity index (χ4n) is 3.25. The number of aromatic nitrogens is 2. The average molecular weight is 446 g/mol. The highest BCUT2D eigenvalue weighted by Gasteiger charge is 2.19. The van der Waals surface area contributed by atoms with E-state index in [9.17, 15) is 0 Å². The summed E-state index contributed by atoms with van der Waals surface area (Å²) in [5.41, 5.74) is 1.66. The number of thiophene rings is 1. The number of H-pyrrole nitrogens is 1. The van der Waals surface area contributed by atoms with E-state index in [1.807, 2.05) is 6.07 Å². The van der Waals surface area contributed by atoms with Crippen molar-refractivity contribution in [3.8, 4) is 0 Å². The molecule has 3 N–H and O–H groups in total. The predicted molar refractivity (Wildman–Crippen MR) is 128 cm³/mol. The van der Waals surface area contributed by atoms with Gasteiger partial charge in [-0.15, -0.1) is 11.3 Å². The van der Waals surface area contributed by atoms with Gasteiger partial charge in [-0.2, -0.15) is 4.98 Å². The number of amidine groups is 2. The lowest BCUT2D eigenvalue weighted by molar-refractivity contribution is 0.394. The Kier molecular flexibility index (Phi) is 8.21. The predicted octanol–water partition coefficient (Wildman–Crippen LogP) is 5.18. The lowest BCUT2D eigenvalue weighted by Gasteiger charge is -2.25. The molecule has 30 heavy (non-hydrogen) atoms. The van der Waals surface area contributed by atoms with E-state index >= 15 is 0 Å². The molecule has 0 saturated heterocycles. The van der Waals surface area contributed by atoms with Crippen molar-refractivity contribution in [3.05, 3.63) is 46.1 Å². The number of aliphatic imine (C=N–C) groups is 2. The van der Waals surface area contributed by atoms with Crippen LogP contribution in [0.4, 0.5) is 5.82 Å². The second kappa shape index (κ2) is 11.1. The molecule has 0 radical (unpaired) electrons. The van der Waals surface area contributed by atoms with Gasteiger partial charge in [0.25, 0.3) is 0 Å². The maximum absolute atomic E-state index is 8.68. The zero-order chi connectivity index (χ0) is 21.3. The molecular weight excluding hydrogens is 418 g/mol. The maximum Gasteiger partial charge on any atom is 0.202 e. The van der Waals surface area contributed by atoms with Crippen LogP contribution >= 0.6 is 22.9 Å². The third kappa shape index (κ3) is 5.79. The number of unbranched alkanes of at least 4 members (excludes halogenated alkanes) is 2. The van der Waals surface area contributed by atoms with E-state index in [-0.39, 0.29) is 5.28 Å². The van der Waals surface area contributed by atoms with Crippen LogP contribution in [0.3, 0.4) is 0 Å². The molecule has 0 aromatic carbocycles. The Morgan fingerprint density at radius 3 is 2.97 bits per heavy atom. The molecule has 3 rings (SSSR count). The van der Waals surface area contributed by atoms with Crippen LogP contribution < -0.4 is 5.32 Å². The molecule has 0 bridgehead atoms. The summed E-state index contributed by atoms with van der Waals surface area (Å²) in [6, 6.07) is 4.14. The summed E-state index contributed by atoms with van der Waals surface area (Å²) >= 11 is 7.73. The molecule has 1 aliphatic heterocycles. The molecule has 0 atom stereocenters. The SMILES string of the molecule is C=CNc1nc(Cl)[nH]c1C(=N)N(CCCC)CCCCC1=NCC(c2cccs2)=N1. The number of nitrogens with zero attached hydrogens (tertiary/aromatic N) is 4. The van der Waals surface area contributed by atoms with E-state index in [0.29, 0.717) is 23.9 Å². The van der Waals surface area contributed by atoms with E-state index < -0.39 is 0 Å². The van der Waals surface area contributed by atoms with Gasteiger partial charge in [-0.3, -0.25) is 10.4 Å². The van der Waals surface area contributed by atoms with Gasteiger partial charge < -0.3 is 15.2 Å². The molecule has 7 nitrogen and oxygen atoms in total. The summed E-state index contributed by atoms with van der Waals surface area (Å²) in [6.45, 7) is 8.11. The molecule has 0 saturated carbocycles. The molecule has 0 unspecified atom stereocenters. The highest BCUT2D eigenvalue weighted by atomic mass is 35.5. The number of anilines is 1. The first-order valence-electron chi connectivity index (χ1n) is 10.2. The molecule has 1 aliphatic rings. The van der Waals surface area contributed by atoms with Crippen molar-refractivity contribution in [2.24, 2.45) is 9.98 Å². The topological polar surface area (TPSA) is 92.5 Å². The number of halogens is 1. The van der Waals surface area contributed by atoms with Gasteiger partial charge in [0.05, 0.1) is 17.1 Å². The van der Waals surface area contributed by atoms with Gasteiger partial charge in [0.15, 0.2) is 5.82 Å². The first kappa shape index (κ1) is 22.2. The number of aromatic amines is 1. The van der Waals surface area contributed by atoms with Crippen LogP contribution in [-0.2, 0) is 0 Å². The van der Waals surface area contributed by atoms with E-state index in [0.717, 1.165) is 56.7 Å². The van der Waals surface area contributed by atoms with Gasteiger partial charge in [0, 0.05) is 19.5 Å². The molecular formula is C21H28ClN7S. The Hall–Kier alpha value is -2.45. The maximum atomic E-state index is 8.68.